The van der Waals surface area contributed by atoms with Crippen molar-refractivity contribution < 1.29 is 9.90 Å². The van der Waals surface area contributed by atoms with Gasteiger partial charge in [-0.25, -0.2) is 4.79 Å². The van der Waals surface area contributed by atoms with E-state index in [1.807, 2.05) is 29.6 Å². The first-order valence-electron chi connectivity index (χ1n) is 6.09. The number of aliphatic carboxylic acids is 1. The van der Waals surface area contributed by atoms with E-state index in [4.69, 9.17) is 5.11 Å². The molecule has 1 N–H and O–H groups in total. The zero-order chi connectivity index (χ0) is 14.1. The highest BCUT2D eigenvalue weighted by Gasteiger charge is 2.15. The lowest BCUT2D eigenvalue weighted by atomic mass is 10.3. The van der Waals surface area contributed by atoms with Crippen molar-refractivity contribution in [1.82, 2.24) is 9.13 Å². The SMILES string of the molecule is O=C(O)Cn1c(=O)n(Cc2cccs2)c2ccccc21. The second-order valence-corrected chi connectivity index (χ2v) is 5.45. The first-order valence-corrected chi connectivity index (χ1v) is 6.97. The monoisotopic (exact) mass is 288 g/mol. The predicted molar refractivity (Wildman–Crippen MR) is 77.3 cm³/mol. The maximum atomic E-state index is 12.4. The first kappa shape index (κ1) is 12.7. The minimum Gasteiger partial charge on any atom is -0.480 e. The summed E-state index contributed by atoms with van der Waals surface area (Å²) in [6, 6.07) is 11.1. The van der Waals surface area contributed by atoms with Crippen LogP contribution in [0.3, 0.4) is 0 Å². The van der Waals surface area contributed by atoms with Gasteiger partial charge >= 0.3 is 11.7 Å². The average Bonchev–Trinajstić information content (AvgIpc) is 3.02. The second kappa shape index (κ2) is 4.97. The Balaban J connectivity index is 2.18. The Morgan fingerprint density at radius 3 is 2.40 bits per heavy atom. The summed E-state index contributed by atoms with van der Waals surface area (Å²) in [5, 5.41) is 10.9. The number of aromatic nitrogens is 2. The quantitative estimate of drug-likeness (QED) is 0.798. The molecule has 1 aromatic carbocycles. The fourth-order valence-corrected chi connectivity index (χ4v) is 2.96. The number of rotatable bonds is 4. The summed E-state index contributed by atoms with van der Waals surface area (Å²) in [6.45, 7) is 0.139. The molecule has 0 amide bonds. The Morgan fingerprint density at radius 1 is 1.10 bits per heavy atom. The molecule has 0 saturated carbocycles. The maximum absolute atomic E-state index is 12.4. The summed E-state index contributed by atoms with van der Waals surface area (Å²) in [5.41, 5.74) is 1.12. The fourth-order valence-electron chi connectivity index (χ4n) is 2.27. The van der Waals surface area contributed by atoms with E-state index in [1.165, 1.54) is 4.57 Å². The first-order chi connectivity index (χ1) is 9.66. The van der Waals surface area contributed by atoms with Crippen LogP contribution in [0.2, 0.25) is 0 Å². The van der Waals surface area contributed by atoms with Crippen LogP contribution in [0.5, 0.6) is 0 Å². The van der Waals surface area contributed by atoms with Gasteiger partial charge in [0.1, 0.15) is 6.54 Å². The molecule has 2 aromatic heterocycles. The normalized spacial score (nSPS) is 11.0. The third-order valence-electron chi connectivity index (χ3n) is 3.11. The maximum Gasteiger partial charge on any atom is 0.329 e. The van der Waals surface area contributed by atoms with Gasteiger partial charge in [0, 0.05) is 4.88 Å². The van der Waals surface area contributed by atoms with Crippen molar-refractivity contribution in [3.63, 3.8) is 0 Å². The Morgan fingerprint density at radius 2 is 1.80 bits per heavy atom. The van der Waals surface area contributed by atoms with Crippen molar-refractivity contribution in [1.29, 1.82) is 0 Å². The van der Waals surface area contributed by atoms with E-state index >= 15 is 0 Å². The van der Waals surface area contributed by atoms with Crippen LogP contribution < -0.4 is 5.69 Å². The Labute approximate surface area is 118 Å². The molecule has 3 aromatic rings. The highest BCUT2D eigenvalue weighted by Crippen LogP contribution is 2.16. The lowest BCUT2D eigenvalue weighted by Crippen LogP contribution is -2.27. The van der Waals surface area contributed by atoms with E-state index in [9.17, 15) is 9.59 Å². The van der Waals surface area contributed by atoms with Crippen molar-refractivity contribution in [2.45, 2.75) is 13.1 Å². The van der Waals surface area contributed by atoms with Gasteiger partial charge in [-0.2, -0.15) is 0 Å². The largest absolute Gasteiger partial charge is 0.480 e. The number of hydrogen-bond acceptors (Lipinski definition) is 3. The van der Waals surface area contributed by atoms with Gasteiger partial charge in [0.2, 0.25) is 0 Å². The number of carboxylic acids is 1. The molecule has 0 bridgehead atoms. The average molecular weight is 288 g/mol. The third kappa shape index (κ3) is 2.14. The van der Waals surface area contributed by atoms with Gasteiger partial charge in [-0.1, -0.05) is 18.2 Å². The van der Waals surface area contributed by atoms with Crippen LogP contribution in [-0.2, 0) is 17.9 Å². The zero-order valence-electron chi connectivity index (χ0n) is 10.5. The topological polar surface area (TPSA) is 64.2 Å². The molecule has 0 aliphatic rings. The van der Waals surface area contributed by atoms with Crippen molar-refractivity contribution in [2.24, 2.45) is 0 Å². The van der Waals surface area contributed by atoms with Crippen molar-refractivity contribution in [3.8, 4) is 0 Å². The summed E-state index contributed by atoms with van der Waals surface area (Å²) in [7, 11) is 0. The van der Waals surface area contributed by atoms with Crippen LogP contribution in [0, 0.1) is 0 Å². The summed E-state index contributed by atoms with van der Waals surface area (Å²) < 4.78 is 2.91. The zero-order valence-corrected chi connectivity index (χ0v) is 11.3. The van der Waals surface area contributed by atoms with Gasteiger partial charge < -0.3 is 5.11 Å². The molecule has 0 unspecified atom stereocenters. The van der Waals surface area contributed by atoms with Crippen molar-refractivity contribution in [2.75, 3.05) is 0 Å². The Kier molecular flexibility index (Phi) is 3.15. The highest BCUT2D eigenvalue weighted by atomic mass is 32.1. The molecule has 20 heavy (non-hydrogen) atoms. The number of thiophene rings is 1. The number of imidazole rings is 1. The molecule has 0 saturated heterocycles. The van der Waals surface area contributed by atoms with Crippen LogP contribution in [0.15, 0.2) is 46.6 Å². The van der Waals surface area contributed by atoms with Crippen LogP contribution >= 0.6 is 11.3 Å². The number of para-hydroxylation sites is 2. The summed E-state index contributed by atoms with van der Waals surface area (Å²) in [6.07, 6.45) is 0. The number of benzene rings is 1. The molecule has 0 fully saturated rings. The van der Waals surface area contributed by atoms with Crippen molar-refractivity contribution in [3.05, 3.63) is 57.1 Å². The Hall–Kier alpha value is -2.34. The second-order valence-electron chi connectivity index (χ2n) is 4.42. The Bertz CT molecular complexity index is 815. The van der Waals surface area contributed by atoms with Gasteiger partial charge in [0.15, 0.2) is 0 Å². The number of fused-ring (bicyclic) bond motifs is 1. The molecule has 0 aliphatic heterocycles. The number of hydrogen-bond donors (Lipinski definition) is 1. The minimum atomic E-state index is -1.02. The number of carboxylic acid groups (broad SMARTS) is 1. The van der Waals surface area contributed by atoms with Crippen molar-refractivity contribution >= 4 is 28.3 Å². The standard InChI is InChI=1S/C14H12N2O3S/c17-13(18)9-16-12-6-2-1-5-11(12)15(14(16)19)8-10-4-3-7-20-10/h1-7H,8-9H2,(H,17,18). The molecule has 0 aliphatic carbocycles. The molecule has 0 radical (unpaired) electrons. The van der Waals surface area contributed by atoms with Gasteiger partial charge in [-0.15, -0.1) is 11.3 Å². The van der Waals surface area contributed by atoms with E-state index in [-0.39, 0.29) is 12.2 Å². The molecule has 0 atom stereocenters. The molecular weight excluding hydrogens is 276 g/mol. The molecule has 0 spiro atoms. The minimum absolute atomic E-state index is 0.290. The van der Waals surface area contributed by atoms with E-state index in [0.717, 1.165) is 10.4 Å². The van der Waals surface area contributed by atoms with Gasteiger partial charge in [-0.05, 0) is 23.6 Å². The van der Waals surface area contributed by atoms with E-state index in [2.05, 4.69) is 0 Å². The van der Waals surface area contributed by atoms with E-state index in [1.54, 1.807) is 28.0 Å². The lowest BCUT2D eigenvalue weighted by molar-refractivity contribution is -0.137. The van der Waals surface area contributed by atoms with Gasteiger partial charge in [0.25, 0.3) is 0 Å². The lowest BCUT2D eigenvalue weighted by Gasteiger charge is -2.00. The molecule has 6 heteroatoms. The fraction of sp³-hybridized carbons (Fsp3) is 0.143. The van der Waals surface area contributed by atoms with Crippen LogP contribution in [0.25, 0.3) is 11.0 Å². The van der Waals surface area contributed by atoms with E-state index in [0.29, 0.717) is 12.1 Å². The smallest absolute Gasteiger partial charge is 0.329 e. The molecule has 3 rings (SSSR count). The molecule has 2 heterocycles. The number of nitrogens with zero attached hydrogens (tertiary/aromatic N) is 2. The molecule has 102 valence electrons. The third-order valence-corrected chi connectivity index (χ3v) is 3.97. The molecule has 5 nitrogen and oxygen atoms in total. The number of carbonyl (C=O) groups is 1. The summed E-state index contributed by atoms with van der Waals surface area (Å²) in [5.74, 6) is -1.02. The van der Waals surface area contributed by atoms with Crippen LogP contribution in [0.4, 0.5) is 0 Å². The molecular formula is C14H12N2O3S. The van der Waals surface area contributed by atoms with Crippen LogP contribution in [0.1, 0.15) is 4.88 Å². The van der Waals surface area contributed by atoms with E-state index < -0.39 is 5.97 Å². The van der Waals surface area contributed by atoms with Gasteiger partial charge in [0.05, 0.1) is 17.6 Å². The van der Waals surface area contributed by atoms with Crippen LogP contribution in [-0.4, -0.2) is 20.2 Å². The summed E-state index contributed by atoms with van der Waals surface area (Å²) in [4.78, 5) is 24.4. The highest BCUT2D eigenvalue weighted by molar-refractivity contribution is 7.09. The van der Waals surface area contributed by atoms with Gasteiger partial charge in [-0.3, -0.25) is 13.9 Å². The predicted octanol–water partition coefficient (Wildman–Crippen LogP) is 2.00. The summed E-state index contributed by atoms with van der Waals surface area (Å²) >= 11 is 1.57.